The molecule has 0 fully saturated rings. The molecular weight excluding hydrogens is 266 g/mol. The van der Waals surface area contributed by atoms with Gasteiger partial charge in [-0.05, 0) is 18.4 Å². The Bertz CT molecular complexity index is 782. The van der Waals surface area contributed by atoms with E-state index in [9.17, 15) is 4.79 Å². The molecule has 21 heavy (non-hydrogen) atoms. The number of carbonyl (C=O) groups excluding carboxylic acids is 1. The summed E-state index contributed by atoms with van der Waals surface area (Å²) in [5, 5.41) is 4.57. The molecular formula is C15H15N5O. The third kappa shape index (κ3) is 2.55. The summed E-state index contributed by atoms with van der Waals surface area (Å²) in [6.07, 6.45) is 3.36. The minimum atomic E-state index is -0.281. The largest absolute Gasteiger partial charge is 0.383 e. The zero-order valence-corrected chi connectivity index (χ0v) is 11.5. The van der Waals surface area contributed by atoms with Gasteiger partial charge in [-0.3, -0.25) is 4.79 Å². The van der Waals surface area contributed by atoms with E-state index in [0.29, 0.717) is 17.3 Å². The minimum Gasteiger partial charge on any atom is -0.383 e. The lowest BCUT2D eigenvalue weighted by Gasteiger charge is -2.12. The maximum Gasteiger partial charge on any atom is 0.270 e. The van der Waals surface area contributed by atoms with Crippen molar-refractivity contribution in [2.45, 2.75) is 13.0 Å². The number of hydrogen-bond donors (Lipinski definition) is 3. The Labute approximate surface area is 121 Å². The highest BCUT2D eigenvalue weighted by atomic mass is 16.1. The van der Waals surface area contributed by atoms with E-state index in [4.69, 9.17) is 5.73 Å². The molecule has 0 bridgehead atoms. The number of hydrogen-bond acceptors (Lipinski definition) is 4. The van der Waals surface area contributed by atoms with E-state index in [1.54, 1.807) is 18.5 Å². The highest BCUT2D eigenvalue weighted by molar-refractivity contribution is 5.99. The number of rotatable bonds is 3. The van der Waals surface area contributed by atoms with Crippen LogP contribution in [0.3, 0.4) is 0 Å². The number of benzene rings is 1. The van der Waals surface area contributed by atoms with Gasteiger partial charge in [0.15, 0.2) is 0 Å². The first kappa shape index (κ1) is 13.1. The molecule has 3 aromatic rings. The predicted molar refractivity (Wildman–Crippen MR) is 80.6 cm³/mol. The molecule has 0 saturated heterocycles. The van der Waals surface area contributed by atoms with Gasteiger partial charge in [0.1, 0.15) is 17.3 Å². The van der Waals surface area contributed by atoms with Gasteiger partial charge in [0, 0.05) is 17.8 Å². The van der Waals surface area contributed by atoms with Crippen molar-refractivity contribution >= 4 is 22.5 Å². The zero-order chi connectivity index (χ0) is 14.8. The number of carbonyl (C=O) groups is 1. The van der Waals surface area contributed by atoms with E-state index in [1.165, 1.54) is 0 Å². The molecule has 0 radical (unpaired) electrons. The van der Waals surface area contributed by atoms with Crippen LogP contribution in [0, 0.1) is 0 Å². The number of H-pyrrole nitrogens is 1. The van der Waals surface area contributed by atoms with Gasteiger partial charge < -0.3 is 16.0 Å². The summed E-state index contributed by atoms with van der Waals surface area (Å²) in [5.74, 6) is 0.761. The predicted octanol–water partition coefficient (Wildman–Crippen LogP) is 2.03. The normalized spacial score (nSPS) is 12.2. The molecule has 2 heterocycles. The number of nitrogens with zero attached hydrogens (tertiary/aromatic N) is 2. The molecule has 4 N–H and O–H groups in total. The van der Waals surface area contributed by atoms with Gasteiger partial charge in [0.05, 0.1) is 6.04 Å². The third-order valence-electron chi connectivity index (χ3n) is 3.28. The van der Waals surface area contributed by atoms with Gasteiger partial charge in [-0.1, -0.05) is 24.3 Å². The fraction of sp³-hybridized carbons (Fsp3) is 0.133. The lowest BCUT2D eigenvalue weighted by Crippen LogP contribution is -2.28. The number of aromatic amines is 1. The van der Waals surface area contributed by atoms with E-state index in [1.807, 2.05) is 31.2 Å². The number of fused-ring (bicyclic) bond motifs is 1. The summed E-state index contributed by atoms with van der Waals surface area (Å²) in [7, 11) is 0. The quantitative estimate of drug-likeness (QED) is 0.684. The first-order chi connectivity index (χ1) is 10.1. The van der Waals surface area contributed by atoms with Crippen LogP contribution in [0.4, 0.5) is 5.82 Å². The van der Waals surface area contributed by atoms with Gasteiger partial charge in [0.25, 0.3) is 5.91 Å². The fourth-order valence-corrected chi connectivity index (χ4v) is 2.20. The Kier molecular flexibility index (Phi) is 3.27. The van der Waals surface area contributed by atoms with Crippen molar-refractivity contribution in [3.05, 3.63) is 54.2 Å². The Balaban J connectivity index is 1.88. The van der Waals surface area contributed by atoms with Crippen LogP contribution >= 0.6 is 0 Å². The molecule has 6 heteroatoms. The summed E-state index contributed by atoms with van der Waals surface area (Å²) in [4.78, 5) is 23.5. The molecule has 0 aliphatic rings. The second kappa shape index (κ2) is 5.24. The molecule has 1 aromatic carbocycles. The van der Waals surface area contributed by atoms with Crippen molar-refractivity contribution in [1.82, 2.24) is 20.3 Å². The van der Waals surface area contributed by atoms with Gasteiger partial charge in [0.2, 0.25) is 0 Å². The Hall–Kier alpha value is -2.89. The van der Waals surface area contributed by atoms with E-state index < -0.39 is 0 Å². The van der Waals surface area contributed by atoms with E-state index >= 15 is 0 Å². The van der Waals surface area contributed by atoms with Gasteiger partial charge in [-0.25, -0.2) is 9.97 Å². The van der Waals surface area contributed by atoms with Crippen molar-refractivity contribution in [3.8, 4) is 0 Å². The molecule has 0 aliphatic heterocycles. The number of anilines is 1. The average molecular weight is 281 g/mol. The maximum absolute atomic E-state index is 12.3. The lowest BCUT2D eigenvalue weighted by atomic mass is 10.1. The molecule has 3 rings (SSSR count). The summed E-state index contributed by atoms with van der Waals surface area (Å²) in [6.45, 7) is 1.85. The topological polar surface area (TPSA) is 96.7 Å². The van der Waals surface area contributed by atoms with Crippen molar-refractivity contribution in [1.29, 1.82) is 0 Å². The van der Waals surface area contributed by atoms with Gasteiger partial charge >= 0.3 is 0 Å². The molecule has 2 aromatic heterocycles. The maximum atomic E-state index is 12.3. The van der Waals surface area contributed by atoms with Crippen molar-refractivity contribution < 1.29 is 4.79 Å². The van der Waals surface area contributed by atoms with Crippen molar-refractivity contribution in [2.75, 3.05) is 5.73 Å². The summed E-state index contributed by atoms with van der Waals surface area (Å²) in [6, 6.07) is 9.07. The number of aromatic nitrogens is 3. The lowest BCUT2D eigenvalue weighted by molar-refractivity contribution is 0.0933. The monoisotopic (exact) mass is 281 g/mol. The molecule has 0 aliphatic carbocycles. The second-order valence-electron chi connectivity index (χ2n) is 4.78. The summed E-state index contributed by atoms with van der Waals surface area (Å²) >= 11 is 0. The minimum absolute atomic E-state index is 0.234. The Morgan fingerprint density at radius 3 is 2.95 bits per heavy atom. The van der Waals surface area contributed by atoms with Crippen LogP contribution in [0.15, 0.2) is 42.7 Å². The highest BCUT2D eigenvalue weighted by Crippen LogP contribution is 2.20. The van der Waals surface area contributed by atoms with E-state index in [2.05, 4.69) is 20.3 Å². The smallest absolute Gasteiger partial charge is 0.270 e. The Morgan fingerprint density at radius 2 is 2.19 bits per heavy atom. The number of amides is 1. The second-order valence-corrected chi connectivity index (χ2v) is 4.78. The van der Waals surface area contributed by atoms with Crippen LogP contribution in [0.2, 0.25) is 0 Å². The number of pyridine rings is 1. The third-order valence-corrected chi connectivity index (χ3v) is 3.28. The molecule has 1 atom stereocenters. The zero-order valence-electron chi connectivity index (χ0n) is 11.5. The van der Waals surface area contributed by atoms with E-state index in [0.717, 1.165) is 10.8 Å². The first-order valence-corrected chi connectivity index (χ1v) is 6.60. The van der Waals surface area contributed by atoms with Crippen molar-refractivity contribution in [2.24, 2.45) is 0 Å². The molecule has 1 unspecified atom stereocenters. The van der Waals surface area contributed by atoms with E-state index in [-0.39, 0.29) is 11.9 Å². The first-order valence-electron chi connectivity index (χ1n) is 6.60. The highest BCUT2D eigenvalue weighted by Gasteiger charge is 2.15. The van der Waals surface area contributed by atoms with Crippen LogP contribution in [0.1, 0.15) is 29.3 Å². The van der Waals surface area contributed by atoms with Crippen LogP contribution in [0.25, 0.3) is 10.8 Å². The number of nitrogen functional groups attached to an aromatic ring is 1. The Morgan fingerprint density at radius 1 is 1.38 bits per heavy atom. The van der Waals surface area contributed by atoms with Crippen LogP contribution < -0.4 is 11.1 Å². The van der Waals surface area contributed by atoms with Crippen LogP contribution in [-0.4, -0.2) is 20.9 Å². The van der Waals surface area contributed by atoms with Crippen LogP contribution in [-0.2, 0) is 0 Å². The number of nitrogens with two attached hydrogens (primary N) is 1. The summed E-state index contributed by atoms with van der Waals surface area (Å²) in [5.41, 5.74) is 6.21. The number of nitrogens with one attached hydrogen (secondary N) is 2. The van der Waals surface area contributed by atoms with Crippen LogP contribution in [0.5, 0.6) is 0 Å². The average Bonchev–Trinajstić information content (AvgIpc) is 3.01. The van der Waals surface area contributed by atoms with Crippen molar-refractivity contribution in [3.63, 3.8) is 0 Å². The van der Waals surface area contributed by atoms with Gasteiger partial charge in [-0.2, -0.15) is 0 Å². The molecule has 0 spiro atoms. The molecule has 106 valence electrons. The number of imidazole rings is 1. The fourth-order valence-electron chi connectivity index (χ4n) is 2.20. The molecule has 6 nitrogen and oxygen atoms in total. The summed E-state index contributed by atoms with van der Waals surface area (Å²) < 4.78 is 0. The van der Waals surface area contributed by atoms with Gasteiger partial charge in [-0.15, -0.1) is 0 Å². The standard InChI is InChI=1S/C15H15N5O/c1-9(14-17-6-7-18-14)19-15(21)12-8-10-4-2-3-5-11(10)13(16)20-12/h2-9H,1H3,(H2,16,20)(H,17,18)(H,19,21). The SMILES string of the molecule is CC(NC(=O)c1cc2ccccc2c(N)n1)c1ncc[nH]1. The molecule has 1 amide bonds. The molecule has 0 saturated carbocycles.